The molecule has 1 aliphatic rings. The third kappa shape index (κ3) is 2.62. The second kappa shape index (κ2) is 5.44. The van der Waals surface area contributed by atoms with Crippen LogP contribution in [0, 0.1) is 11.6 Å². The van der Waals surface area contributed by atoms with Crippen LogP contribution in [0.1, 0.15) is 54.6 Å². The minimum absolute atomic E-state index is 0.0265. The van der Waals surface area contributed by atoms with E-state index in [-0.39, 0.29) is 11.3 Å². The van der Waals surface area contributed by atoms with Crippen molar-refractivity contribution in [2.24, 2.45) is 0 Å². The fraction of sp³-hybridized carbons (Fsp3) is 0.316. The van der Waals surface area contributed by atoms with Gasteiger partial charge in [0.1, 0.15) is 17.2 Å². The molecule has 0 heterocycles. The van der Waals surface area contributed by atoms with Gasteiger partial charge in [0.05, 0.1) is 0 Å². The SMILES string of the molecule is CC1CC(C)(C)c2cccc(NC(=O)c3c(F)cccc3F)c21. The van der Waals surface area contributed by atoms with E-state index in [1.807, 2.05) is 6.07 Å². The maximum absolute atomic E-state index is 13.8. The van der Waals surface area contributed by atoms with E-state index in [4.69, 9.17) is 0 Å². The van der Waals surface area contributed by atoms with E-state index in [1.165, 1.54) is 11.6 Å². The van der Waals surface area contributed by atoms with Gasteiger partial charge in [-0.3, -0.25) is 4.79 Å². The molecule has 1 aliphatic carbocycles. The van der Waals surface area contributed by atoms with Crippen molar-refractivity contribution >= 4 is 11.6 Å². The highest BCUT2D eigenvalue weighted by atomic mass is 19.1. The molecule has 0 spiro atoms. The average molecular weight is 315 g/mol. The Kier molecular flexibility index (Phi) is 3.71. The number of carbonyl (C=O) groups is 1. The molecule has 4 heteroatoms. The van der Waals surface area contributed by atoms with Gasteiger partial charge < -0.3 is 5.32 Å². The first-order valence-corrected chi connectivity index (χ1v) is 7.70. The Bertz CT molecular complexity index is 763. The van der Waals surface area contributed by atoms with Crippen molar-refractivity contribution in [3.05, 3.63) is 64.7 Å². The monoisotopic (exact) mass is 315 g/mol. The summed E-state index contributed by atoms with van der Waals surface area (Å²) in [5, 5.41) is 2.69. The number of halogens is 2. The van der Waals surface area contributed by atoms with Crippen molar-refractivity contribution in [3.8, 4) is 0 Å². The molecule has 1 N–H and O–H groups in total. The van der Waals surface area contributed by atoms with Crippen LogP contribution in [0.2, 0.25) is 0 Å². The number of anilines is 1. The van der Waals surface area contributed by atoms with Gasteiger partial charge in [0.15, 0.2) is 0 Å². The van der Waals surface area contributed by atoms with E-state index >= 15 is 0 Å². The van der Waals surface area contributed by atoms with E-state index in [0.29, 0.717) is 5.69 Å². The Balaban J connectivity index is 2.00. The normalized spacial score (nSPS) is 18.6. The summed E-state index contributed by atoms with van der Waals surface area (Å²) in [7, 11) is 0. The number of rotatable bonds is 2. The van der Waals surface area contributed by atoms with Crippen LogP contribution in [0.4, 0.5) is 14.5 Å². The second-order valence-corrected chi connectivity index (χ2v) is 6.81. The maximum Gasteiger partial charge on any atom is 0.261 e. The van der Waals surface area contributed by atoms with Gasteiger partial charge in [0.2, 0.25) is 0 Å². The maximum atomic E-state index is 13.8. The van der Waals surface area contributed by atoms with Gasteiger partial charge in [-0.15, -0.1) is 0 Å². The summed E-state index contributed by atoms with van der Waals surface area (Å²) in [5.74, 6) is -2.19. The first-order chi connectivity index (χ1) is 10.8. The van der Waals surface area contributed by atoms with Gasteiger partial charge in [-0.2, -0.15) is 0 Å². The van der Waals surface area contributed by atoms with Crippen LogP contribution in [0.3, 0.4) is 0 Å². The highest BCUT2D eigenvalue weighted by Crippen LogP contribution is 2.48. The molecule has 3 rings (SSSR count). The molecule has 0 aliphatic heterocycles. The lowest BCUT2D eigenvalue weighted by molar-refractivity contribution is 0.101. The molecule has 2 nitrogen and oxygen atoms in total. The smallest absolute Gasteiger partial charge is 0.261 e. The van der Waals surface area contributed by atoms with Crippen LogP contribution >= 0.6 is 0 Å². The number of nitrogens with one attached hydrogen (secondary N) is 1. The fourth-order valence-corrected chi connectivity index (χ4v) is 3.67. The topological polar surface area (TPSA) is 29.1 Å². The van der Waals surface area contributed by atoms with Crippen LogP contribution in [-0.2, 0) is 5.41 Å². The van der Waals surface area contributed by atoms with Crippen molar-refractivity contribution in [2.75, 3.05) is 5.32 Å². The minimum Gasteiger partial charge on any atom is -0.322 e. The van der Waals surface area contributed by atoms with Gasteiger partial charge in [0, 0.05) is 5.69 Å². The first-order valence-electron chi connectivity index (χ1n) is 7.70. The molecule has 0 bridgehead atoms. The van der Waals surface area contributed by atoms with Crippen molar-refractivity contribution in [1.29, 1.82) is 0 Å². The molecule has 0 fully saturated rings. The molecule has 120 valence electrons. The van der Waals surface area contributed by atoms with Crippen molar-refractivity contribution in [1.82, 2.24) is 0 Å². The molecule has 1 amide bonds. The molecule has 1 unspecified atom stereocenters. The zero-order valence-electron chi connectivity index (χ0n) is 13.4. The molecule has 2 aromatic carbocycles. The van der Waals surface area contributed by atoms with Crippen LogP contribution < -0.4 is 5.32 Å². The summed E-state index contributed by atoms with van der Waals surface area (Å²) in [6.45, 7) is 6.43. The highest BCUT2D eigenvalue weighted by molar-refractivity contribution is 6.05. The van der Waals surface area contributed by atoms with Gasteiger partial charge in [-0.25, -0.2) is 8.78 Å². The Morgan fingerprint density at radius 3 is 2.39 bits per heavy atom. The van der Waals surface area contributed by atoms with E-state index < -0.39 is 23.1 Å². The average Bonchev–Trinajstić information content (AvgIpc) is 2.69. The van der Waals surface area contributed by atoms with Gasteiger partial charge >= 0.3 is 0 Å². The standard InChI is InChI=1S/C19H19F2NO/c1-11-10-19(2,3)12-6-4-9-15(16(11)12)22-18(23)17-13(20)7-5-8-14(17)21/h4-9,11H,10H2,1-3H3,(H,22,23). The largest absolute Gasteiger partial charge is 0.322 e. The van der Waals surface area contributed by atoms with E-state index in [9.17, 15) is 13.6 Å². The van der Waals surface area contributed by atoms with Crippen molar-refractivity contribution in [2.45, 2.75) is 38.5 Å². The number of hydrogen-bond donors (Lipinski definition) is 1. The van der Waals surface area contributed by atoms with E-state index in [1.54, 1.807) is 6.07 Å². The summed E-state index contributed by atoms with van der Waals surface area (Å²) < 4.78 is 27.6. The quantitative estimate of drug-likeness (QED) is 0.830. The molecule has 0 aromatic heterocycles. The van der Waals surface area contributed by atoms with Crippen LogP contribution in [-0.4, -0.2) is 5.91 Å². The molecule has 23 heavy (non-hydrogen) atoms. The van der Waals surface area contributed by atoms with Crippen LogP contribution in [0.15, 0.2) is 36.4 Å². The number of hydrogen-bond acceptors (Lipinski definition) is 1. The lowest BCUT2D eigenvalue weighted by Crippen LogP contribution is -2.17. The Labute approximate surface area is 134 Å². The number of amides is 1. The third-order valence-electron chi connectivity index (χ3n) is 4.58. The molecule has 0 saturated carbocycles. The molecule has 0 saturated heterocycles. The van der Waals surface area contributed by atoms with Crippen molar-refractivity contribution in [3.63, 3.8) is 0 Å². The van der Waals surface area contributed by atoms with Gasteiger partial charge in [-0.1, -0.05) is 39.0 Å². The number of fused-ring (bicyclic) bond motifs is 1. The third-order valence-corrected chi connectivity index (χ3v) is 4.58. The predicted octanol–water partition coefficient (Wildman–Crippen LogP) is 5.00. The lowest BCUT2D eigenvalue weighted by atomic mass is 9.86. The molecule has 1 atom stereocenters. The number of benzene rings is 2. The number of carbonyl (C=O) groups excluding carboxylic acids is 1. The molecular weight excluding hydrogens is 296 g/mol. The summed E-state index contributed by atoms with van der Waals surface area (Å²) in [6, 6.07) is 9.11. The Hall–Kier alpha value is -2.23. The predicted molar refractivity (Wildman–Crippen MR) is 86.8 cm³/mol. The Morgan fingerprint density at radius 2 is 1.74 bits per heavy atom. The lowest BCUT2D eigenvalue weighted by Gasteiger charge is -2.19. The summed E-state index contributed by atoms with van der Waals surface area (Å²) >= 11 is 0. The molecular formula is C19H19F2NO. The Morgan fingerprint density at radius 1 is 1.13 bits per heavy atom. The summed E-state index contributed by atoms with van der Waals surface area (Å²) in [6.07, 6.45) is 0.975. The molecule has 2 aromatic rings. The highest BCUT2D eigenvalue weighted by Gasteiger charge is 2.36. The zero-order chi connectivity index (χ0) is 16.8. The second-order valence-electron chi connectivity index (χ2n) is 6.81. The van der Waals surface area contributed by atoms with Crippen LogP contribution in [0.5, 0.6) is 0 Å². The van der Waals surface area contributed by atoms with Gasteiger partial charge in [-0.05, 0) is 47.1 Å². The first kappa shape index (κ1) is 15.7. The zero-order valence-corrected chi connectivity index (χ0v) is 13.4. The summed E-state index contributed by atoms with van der Waals surface area (Å²) in [4.78, 5) is 12.3. The van der Waals surface area contributed by atoms with E-state index in [2.05, 4.69) is 32.2 Å². The van der Waals surface area contributed by atoms with Crippen molar-refractivity contribution < 1.29 is 13.6 Å². The summed E-state index contributed by atoms with van der Waals surface area (Å²) in [5.41, 5.74) is 2.35. The fourth-order valence-electron chi connectivity index (χ4n) is 3.67. The van der Waals surface area contributed by atoms with E-state index in [0.717, 1.165) is 24.1 Å². The van der Waals surface area contributed by atoms with Gasteiger partial charge in [0.25, 0.3) is 5.91 Å². The van der Waals surface area contributed by atoms with Crippen LogP contribution in [0.25, 0.3) is 0 Å². The molecule has 0 radical (unpaired) electrons. The minimum atomic E-state index is -0.858.